The van der Waals surface area contributed by atoms with Gasteiger partial charge in [0.15, 0.2) is 6.10 Å². The van der Waals surface area contributed by atoms with Crippen LogP contribution in [0.15, 0.2) is 48.5 Å². The predicted octanol–water partition coefficient (Wildman–Crippen LogP) is 2.78. The minimum absolute atomic E-state index is 0.137. The Morgan fingerprint density at radius 1 is 1.15 bits per heavy atom. The van der Waals surface area contributed by atoms with Gasteiger partial charge in [-0.3, -0.25) is 0 Å². The van der Waals surface area contributed by atoms with E-state index in [1.807, 2.05) is 0 Å². The van der Waals surface area contributed by atoms with Gasteiger partial charge in [0.2, 0.25) is 0 Å². The monoisotopic (exact) mass is 275 g/mol. The number of nitrogens with two attached hydrogens (primary N) is 1. The van der Waals surface area contributed by atoms with E-state index in [1.54, 1.807) is 31.2 Å². The van der Waals surface area contributed by atoms with Crippen molar-refractivity contribution in [3.05, 3.63) is 54.3 Å². The molecule has 0 aliphatic carbocycles. The minimum Gasteiger partial charge on any atom is -0.479 e. The van der Waals surface area contributed by atoms with Gasteiger partial charge >= 0.3 is 5.97 Å². The highest BCUT2D eigenvalue weighted by atomic mass is 19.1. The lowest BCUT2D eigenvalue weighted by molar-refractivity contribution is -0.141. The van der Waals surface area contributed by atoms with Gasteiger partial charge in [0, 0.05) is 17.8 Å². The number of hydrogen-bond donors (Lipinski definition) is 1. The summed E-state index contributed by atoms with van der Waals surface area (Å²) < 4.78 is 23.4. The standard InChI is InChI=1S/C15H14FNO3/c1-10(19-14-7-3-5-12(17)9-14)15(18)20-13-6-2-4-11(16)8-13/h2-10H,17H2,1H3/t10-/m1/s1. The number of rotatable bonds is 4. The molecule has 0 saturated heterocycles. The highest BCUT2D eigenvalue weighted by Crippen LogP contribution is 2.17. The molecule has 2 rings (SSSR count). The first-order valence-electron chi connectivity index (χ1n) is 6.04. The fourth-order valence-corrected chi connectivity index (χ4v) is 1.57. The maximum Gasteiger partial charge on any atom is 0.352 e. The summed E-state index contributed by atoms with van der Waals surface area (Å²) in [7, 11) is 0. The minimum atomic E-state index is -0.833. The van der Waals surface area contributed by atoms with Crippen molar-refractivity contribution in [2.24, 2.45) is 0 Å². The third-order valence-corrected chi connectivity index (χ3v) is 2.52. The lowest BCUT2D eigenvalue weighted by atomic mass is 10.3. The summed E-state index contributed by atoms with van der Waals surface area (Å²) in [5, 5.41) is 0. The molecule has 0 aromatic heterocycles. The Kier molecular flexibility index (Phi) is 4.20. The Morgan fingerprint density at radius 2 is 1.85 bits per heavy atom. The van der Waals surface area contributed by atoms with Gasteiger partial charge in [-0.2, -0.15) is 0 Å². The molecule has 2 N–H and O–H groups in total. The molecule has 20 heavy (non-hydrogen) atoms. The van der Waals surface area contributed by atoms with E-state index in [4.69, 9.17) is 15.2 Å². The maximum atomic E-state index is 13.0. The maximum absolute atomic E-state index is 13.0. The first-order chi connectivity index (χ1) is 9.54. The number of carbonyl (C=O) groups excluding carboxylic acids is 1. The molecule has 0 fully saturated rings. The van der Waals surface area contributed by atoms with Crippen molar-refractivity contribution in [3.63, 3.8) is 0 Å². The predicted molar refractivity (Wildman–Crippen MR) is 73.0 cm³/mol. The number of benzene rings is 2. The van der Waals surface area contributed by atoms with Crippen LogP contribution in [0.5, 0.6) is 11.5 Å². The van der Waals surface area contributed by atoms with Crippen LogP contribution in [0, 0.1) is 5.82 Å². The van der Waals surface area contributed by atoms with Crippen molar-refractivity contribution in [2.45, 2.75) is 13.0 Å². The summed E-state index contributed by atoms with van der Waals surface area (Å²) in [6, 6.07) is 12.1. The summed E-state index contributed by atoms with van der Waals surface area (Å²) in [6.07, 6.45) is -0.833. The third kappa shape index (κ3) is 3.71. The van der Waals surface area contributed by atoms with E-state index in [2.05, 4.69) is 0 Å². The van der Waals surface area contributed by atoms with Crippen LogP contribution in [-0.4, -0.2) is 12.1 Å². The second-order valence-electron chi connectivity index (χ2n) is 4.21. The van der Waals surface area contributed by atoms with Crippen LogP contribution < -0.4 is 15.2 Å². The molecule has 0 saturated carbocycles. The summed E-state index contributed by atoms with van der Waals surface area (Å²) in [4.78, 5) is 11.8. The van der Waals surface area contributed by atoms with E-state index in [-0.39, 0.29) is 5.75 Å². The number of esters is 1. The molecule has 1 atom stereocenters. The molecule has 0 bridgehead atoms. The highest BCUT2D eigenvalue weighted by molar-refractivity contribution is 5.77. The van der Waals surface area contributed by atoms with Gasteiger partial charge in [-0.05, 0) is 31.2 Å². The number of ether oxygens (including phenoxy) is 2. The molecule has 2 aromatic carbocycles. The van der Waals surface area contributed by atoms with Crippen LogP contribution in [0.25, 0.3) is 0 Å². The molecule has 2 aromatic rings. The largest absolute Gasteiger partial charge is 0.479 e. The van der Waals surface area contributed by atoms with Gasteiger partial charge in [-0.1, -0.05) is 12.1 Å². The van der Waals surface area contributed by atoms with Crippen molar-refractivity contribution in [1.29, 1.82) is 0 Å². The lowest BCUT2D eigenvalue weighted by Crippen LogP contribution is -2.28. The Morgan fingerprint density at radius 3 is 2.55 bits per heavy atom. The van der Waals surface area contributed by atoms with Gasteiger partial charge in [0.25, 0.3) is 0 Å². The topological polar surface area (TPSA) is 61.5 Å². The van der Waals surface area contributed by atoms with Crippen molar-refractivity contribution in [1.82, 2.24) is 0 Å². The lowest BCUT2D eigenvalue weighted by Gasteiger charge is -2.14. The van der Waals surface area contributed by atoms with Crippen LogP contribution in [0.4, 0.5) is 10.1 Å². The van der Waals surface area contributed by atoms with E-state index in [0.29, 0.717) is 11.4 Å². The fourth-order valence-electron chi connectivity index (χ4n) is 1.57. The first kappa shape index (κ1) is 13.9. The number of anilines is 1. The van der Waals surface area contributed by atoms with Crippen LogP contribution >= 0.6 is 0 Å². The molecule has 0 aliphatic rings. The van der Waals surface area contributed by atoms with Gasteiger partial charge in [-0.15, -0.1) is 0 Å². The van der Waals surface area contributed by atoms with Crippen LogP contribution in [-0.2, 0) is 4.79 Å². The Labute approximate surface area is 115 Å². The Bertz CT molecular complexity index is 616. The zero-order valence-corrected chi connectivity index (χ0v) is 10.9. The van der Waals surface area contributed by atoms with Crippen LogP contribution in [0.2, 0.25) is 0 Å². The molecule has 104 valence electrons. The zero-order valence-electron chi connectivity index (χ0n) is 10.9. The normalized spacial score (nSPS) is 11.7. The van der Waals surface area contributed by atoms with Crippen LogP contribution in [0.3, 0.4) is 0 Å². The molecule has 0 amide bonds. The summed E-state index contributed by atoms with van der Waals surface area (Å²) in [6.45, 7) is 1.55. The second-order valence-corrected chi connectivity index (χ2v) is 4.21. The quantitative estimate of drug-likeness (QED) is 0.529. The number of carbonyl (C=O) groups is 1. The van der Waals surface area contributed by atoms with E-state index < -0.39 is 17.9 Å². The average molecular weight is 275 g/mol. The Balaban J connectivity index is 1.98. The van der Waals surface area contributed by atoms with E-state index >= 15 is 0 Å². The van der Waals surface area contributed by atoms with E-state index in [1.165, 1.54) is 18.2 Å². The molecule has 4 nitrogen and oxygen atoms in total. The summed E-state index contributed by atoms with van der Waals surface area (Å²) in [5.74, 6) is -0.482. The molecule has 5 heteroatoms. The van der Waals surface area contributed by atoms with Crippen LogP contribution in [0.1, 0.15) is 6.92 Å². The van der Waals surface area contributed by atoms with Crippen molar-refractivity contribution >= 4 is 11.7 Å². The molecule has 0 spiro atoms. The molecule has 0 unspecified atom stereocenters. The van der Waals surface area contributed by atoms with E-state index in [0.717, 1.165) is 6.07 Å². The number of hydrogen-bond acceptors (Lipinski definition) is 4. The fraction of sp³-hybridized carbons (Fsp3) is 0.133. The second kappa shape index (κ2) is 6.06. The van der Waals surface area contributed by atoms with Crippen molar-refractivity contribution in [3.8, 4) is 11.5 Å². The van der Waals surface area contributed by atoms with Gasteiger partial charge in [-0.25, -0.2) is 9.18 Å². The zero-order chi connectivity index (χ0) is 14.5. The van der Waals surface area contributed by atoms with E-state index in [9.17, 15) is 9.18 Å². The number of nitrogen functional groups attached to an aromatic ring is 1. The smallest absolute Gasteiger partial charge is 0.352 e. The molecular weight excluding hydrogens is 261 g/mol. The molecular formula is C15H14FNO3. The van der Waals surface area contributed by atoms with Crippen molar-refractivity contribution < 1.29 is 18.7 Å². The first-order valence-corrected chi connectivity index (χ1v) is 6.04. The summed E-state index contributed by atoms with van der Waals surface area (Å²) in [5.41, 5.74) is 6.15. The third-order valence-electron chi connectivity index (χ3n) is 2.52. The Hall–Kier alpha value is -2.56. The highest BCUT2D eigenvalue weighted by Gasteiger charge is 2.17. The van der Waals surface area contributed by atoms with Gasteiger partial charge < -0.3 is 15.2 Å². The molecule has 0 radical (unpaired) electrons. The number of halogens is 1. The average Bonchev–Trinajstić information content (AvgIpc) is 2.38. The van der Waals surface area contributed by atoms with Gasteiger partial charge in [0.1, 0.15) is 17.3 Å². The van der Waals surface area contributed by atoms with Gasteiger partial charge in [0.05, 0.1) is 0 Å². The molecule has 0 heterocycles. The SMILES string of the molecule is C[C@@H](Oc1cccc(N)c1)C(=O)Oc1cccc(F)c1. The molecule has 0 aliphatic heterocycles. The summed E-state index contributed by atoms with van der Waals surface area (Å²) >= 11 is 0. The van der Waals surface area contributed by atoms with Crippen molar-refractivity contribution in [2.75, 3.05) is 5.73 Å².